The summed E-state index contributed by atoms with van der Waals surface area (Å²) >= 11 is 0. The summed E-state index contributed by atoms with van der Waals surface area (Å²) in [6.07, 6.45) is 1.54. The molecule has 5 heteroatoms. The van der Waals surface area contributed by atoms with Crippen LogP contribution in [-0.4, -0.2) is 22.6 Å². The SMILES string of the molecule is CC(NC(=O)c1ccn[nH]1)c1cccc(C#CCN)c1. The number of nitrogens with two attached hydrogens (primary N) is 1. The molecule has 1 unspecified atom stereocenters. The zero-order valence-corrected chi connectivity index (χ0v) is 11.2. The van der Waals surface area contributed by atoms with Crippen molar-refractivity contribution in [2.24, 2.45) is 5.73 Å². The van der Waals surface area contributed by atoms with E-state index in [-0.39, 0.29) is 11.9 Å². The van der Waals surface area contributed by atoms with Crippen LogP contribution in [0.2, 0.25) is 0 Å². The molecule has 20 heavy (non-hydrogen) atoms. The molecular weight excluding hydrogens is 252 g/mol. The van der Waals surface area contributed by atoms with E-state index in [9.17, 15) is 4.79 Å². The average molecular weight is 268 g/mol. The Hall–Kier alpha value is -2.58. The highest BCUT2D eigenvalue weighted by Gasteiger charge is 2.12. The number of benzene rings is 1. The van der Waals surface area contributed by atoms with Gasteiger partial charge in [-0.3, -0.25) is 9.89 Å². The van der Waals surface area contributed by atoms with Gasteiger partial charge in [0, 0.05) is 11.8 Å². The van der Waals surface area contributed by atoms with E-state index in [1.165, 1.54) is 0 Å². The van der Waals surface area contributed by atoms with Crippen LogP contribution in [0.4, 0.5) is 0 Å². The maximum atomic E-state index is 11.9. The number of carbonyl (C=O) groups excluding carboxylic acids is 1. The number of H-pyrrole nitrogens is 1. The van der Waals surface area contributed by atoms with Crippen LogP contribution >= 0.6 is 0 Å². The Labute approximate surface area is 117 Å². The predicted molar refractivity (Wildman–Crippen MR) is 76.8 cm³/mol. The second kappa shape index (κ2) is 6.55. The summed E-state index contributed by atoms with van der Waals surface area (Å²) in [6.45, 7) is 2.25. The second-order valence-electron chi connectivity index (χ2n) is 4.30. The third kappa shape index (κ3) is 3.46. The first-order valence-corrected chi connectivity index (χ1v) is 6.30. The molecule has 1 amide bonds. The zero-order chi connectivity index (χ0) is 14.4. The van der Waals surface area contributed by atoms with E-state index in [0.29, 0.717) is 12.2 Å². The van der Waals surface area contributed by atoms with Gasteiger partial charge in [0.15, 0.2) is 0 Å². The highest BCUT2D eigenvalue weighted by atomic mass is 16.2. The van der Waals surface area contributed by atoms with Crippen LogP contribution in [0.1, 0.15) is 34.6 Å². The van der Waals surface area contributed by atoms with Crippen LogP contribution in [0, 0.1) is 11.8 Å². The van der Waals surface area contributed by atoms with E-state index >= 15 is 0 Å². The molecule has 2 aromatic rings. The van der Waals surface area contributed by atoms with Crippen LogP contribution in [-0.2, 0) is 0 Å². The number of aromatic amines is 1. The van der Waals surface area contributed by atoms with E-state index in [1.807, 2.05) is 31.2 Å². The first kappa shape index (κ1) is 13.8. The van der Waals surface area contributed by atoms with E-state index in [2.05, 4.69) is 27.4 Å². The van der Waals surface area contributed by atoms with Gasteiger partial charge in [-0.15, -0.1) is 0 Å². The summed E-state index contributed by atoms with van der Waals surface area (Å²) in [7, 11) is 0. The minimum Gasteiger partial charge on any atom is -0.344 e. The largest absolute Gasteiger partial charge is 0.344 e. The Kier molecular flexibility index (Phi) is 4.53. The molecule has 1 atom stereocenters. The molecule has 0 aliphatic heterocycles. The van der Waals surface area contributed by atoms with Crippen molar-refractivity contribution in [3.63, 3.8) is 0 Å². The molecule has 0 bridgehead atoms. The van der Waals surface area contributed by atoms with Gasteiger partial charge in [-0.05, 0) is 30.7 Å². The van der Waals surface area contributed by atoms with E-state index < -0.39 is 0 Å². The Morgan fingerprint density at radius 1 is 1.50 bits per heavy atom. The summed E-state index contributed by atoms with van der Waals surface area (Å²) in [6, 6.07) is 9.23. The molecule has 0 saturated heterocycles. The maximum Gasteiger partial charge on any atom is 0.269 e. The lowest BCUT2D eigenvalue weighted by molar-refractivity contribution is 0.0935. The van der Waals surface area contributed by atoms with E-state index in [0.717, 1.165) is 11.1 Å². The second-order valence-corrected chi connectivity index (χ2v) is 4.30. The van der Waals surface area contributed by atoms with Crippen molar-refractivity contribution < 1.29 is 4.79 Å². The van der Waals surface area contributed by atoms with Crippen LogP contribution in [0.15, 0.2) is 36.5 Å². The zero-order valence-electron chi connectivity index (χ0n) is 11.2. The number of nitrogens with one attached hydrogen (secondary N) is 2. The van der Waals surface area contributed by atoms with E-state index in [4.69, 9.17) is 5.73 Å². The molecule has 1 aromatic heterocycles. The molecule has 0 fully saturated rings. The number of amides is 1. The third-order valence-electron chi connectivity index (χ3n) is 2.81. The minimum absolute atomic E-state index is 0.120. The molecule has 1 heterocycles. The van der Waals surface area contributed by atoms with Crippen molar-refractivity contribution >= 4 is 5.91 Å². The Bertz CT molecular complexity index is 637. The fourth-order valence-electron chi connectivity index (χ4n) is 1.78. The van der Waals surface area contributed by atoms with Gasteiger partial charge in [-0.1, -0.05) is 24.0 Å². The smallest absolute Gasteiger partial charge is 0.269 e. The van der Waals surface area contributed by atoms with Crippen LogP contribution < -0.4 is 11.1 Å². The van der Waals surface area contributed by atoms with Gasteiger partial charge in [-0.2, -0.15) is 5.10 Å². The van der Waals surface area contributed by atoms with Crippen molar-refractivity contribution in [2.45, 2.75) is 13.0 Å². The molecule has 0 aliphatic rings. The van der Waals surface area contributed by atoms with Gasteiger partial charge in [0.2, 0.25) is 0 Å². The molecule has 5 nitrogen and oxygen atoms in total. The van der Waals surface area contributed by atoms with Gasteiger partial charge in [0.25, 0.3) is 5.91 Å². The Balaban J connectivity index is 2.09. The first-order chi connectivity index (χ1) is 9.70. The summed E-state index contributed by atoms with van der Waals surface area (Å²) in [4.78, 5) is 11.9. The predicted octanol–water partition coefficient (Wildman–Crippen LogP) is 1.21. The summed E-state index contributed by atoms with van der Waals surface area (Å²) in [5.41, 5.74) is 7.67. The number of rotatable bonds is 3. The van der Waals surface area contributed by atoms with Crippen molar-refractivity contribution in [1.29, 1.82) is 0 Å². The first-order valence-electron chi connectivity index (χ1n) is 6.30. The molecule has 2 rings (SSSR count). The third-order valence-corrected chi connectivity index (χ3v) is 2.81. The summed E-state index contributed by atoms with van der Waals surface area (Å²) in [5.74, 6) is 5.60. The summed E-state index contributed by atoms with van der Waals surface area (Å²) < 4.78 is 0. The van der Waals surface area contributed by atoms with Gasteiger partial charge in [0.1, 0.15) is 5.69 Å². The van der Waals surface area contributed by atoms with Gasteiger partial charge in [-0.25, -0.2) is 0 Å². The normalized spacial score (nSPS) is 11.3. The number of nitrogens with zero attached hydrogens (tertiary/aromatic N) is 1. The Morgan fingerprint density at radius 3 is 3.05 bits per heavy atom. The van der Waals surface area contributed by atoms with Crippen LogP contribution in [0.5, 0.6) is 0 Å². The van der Waals surface area contributed by atoms with Crippen molar-refractivity contribution in [1.82, 2.24) is 15.5 Å². The molecule has 0 aliphatic carbocycles. The molecule has 0 saturated carbocycles. The minimum atomic E-state index is -0.187. The molecule has 102 valence electrons. The molecule has 1 aromatic carbocycles. The van der Waals surface area contributed by atoms with E-state index in [1.54, 1.807) is 12.3 Å². The lowest BCUT2D eigenvalue weighted by Gasteiger charge is -2.13. The molecule has 4 N–H and O–H groups in total. The number of hydrogen-bond donors (Lipinski definition) is 3. The molecule has 0 radical (unpaired) electrons. The van der Waals surface area contributed by atoms with Crippen molar-refractivity contribution in [3.05, 3.63) is 53.3 Å². The maximum absolute atomic E-state index is 11.9. The fourth-order valence-corrected chi connectivity index (χ4v) is 1.78. The Morgan fingerprint density at radius 2 is 2.35 bits per heavy atom. The highest BCUT2D eigenvalue weighted by Crippen LogP contribution is 2.14. The lowest BCUT2D eigenvalue weighted by atomic mass is 10.1. The molecule has 0 spiro atoms. The van der Waals surface area contributed by atoms with Gasteiger partial charge in [0.05, 0.1) is 12.6 Å². The fraction of sp³-hybridized carbons (Fsp3) is 0.200. The average Bonchev–Trinajstić information content (AvgIpc) is 2.99. The van der Waals surface area contributed by atoms with Gasteiger partial charge >= 0.3 is 0 Å². The quantitative estimate of drug-likeness (QED) is 0.732. The lowest BCUT2D eigenvalue weighted by Crippen LogP contribution is -2.27. The standard InChI is InChI=1S/C15H16N4O/c1-11(18-15(20)14-7-9-17-19-14)13-6-2-4-12(10-13)5-3-8-16/h2,4,6-7,9-11H,8,16H2,1H3,(H,17,19)(H,18,20). The van der Waals surface area contributed by atoms with Gasteiger partial charge < -0.3 is 11.1 Å². The number of aromatic nitrogens is 2. The van der Waals surface area contributed by atoms with Crippen molar-refractivity contribution in [2.75, 3.05) is 6.54 Å². The number of carbonyl (C=O) groups is 1. The van der Waals surface area contributed by atoms with Crippen LogP contribution in [0.25, 0.3) is 0 Å². The monoisotopic (exact) mass is 268 g/mol. The molecular formula is C15H16N4O. The topological polar surface area (TPSA) is 83.8 Å². The highest BCUT2D eigenvalue weighted by molar-refractivity contribution is 5.92. The summed E-state index contributed by atoms with van der Waals surface area (Å²) in [5, 5.41) is 9.29. The van der Waals surface area contributed by atoms with Crippen LogP contribution in [0.3, 0.4) is 0 Å². The van der Waals surface area contributed by atoms with Crippen molar-refractivity contribution in [3.8, 4) is 11.8 Å². The number of hydrogen-bond acceptors (Lipinski definition) is 3.